The van der Waals surface area contributed by atoms with Crippen molar-refractivity contribution < 1.29 is 5.11 Å². The molecule has 54 valence electrons. The number of hydrogen-bond acceptors (Lipinski definition) is 2. The Hall–Kier alpha value is -0.0800. The van der Waals surface area contributed by atoms with Gasteiger partial charge in [-0.25, -0.2) is 0 Å². The Balaban J connectivity index is 2.24. The summed E-state index contributed by atoms with van der Waals surface area (Å²) in [5.41, 5.74) is 0. The normalized spacial score (nSPS) is 24.7. The Labute approximate surface area is 56.5 Å². The van der Waals surface area contributed by atoms with Gasteiger partial charge in [-0.3, -0.25) is 4.90 Å². The summed E-state index contributed by atoms with van der Waals surface area (Å²) in [6, 6.07) is 0. The van der Waals surface area contributed by atoms with Crippen LogP contribution in [0.3, 0.4) is 0 Å². The highest BCUT2D eigenvalue weighted by Crippen LogP contribution is 2.11. The van der Waals surface area contributed by atoms with E-state index in [4.69, 9.17) is 0 Å². The third kappa shape index (κ3) is 1.66. The molecule has 1 rings (SSSR count). The lowest BCUT2D eigenvalue weighted by molar-refractivity contribution is 0.0180. The van der Waals surface area contributed by atoms with Crippen LogP contribution in [-0.2, 0) is 0 Å². The van der Waals surface area contributed by atoms with E-state index in [0.29, 0.717) is 0 Å². The first-order valence-electron chi connectivity index (χ1n) is 3.76. The van der Waals surface area contributed by atoms with E-state index >= 15 is 0 Å². The van der Waals surface area contributed by atoms with Crippen LogP contribution in [0.1, 0.15) is 26.2 Å². The lowest BCUT2D eigenvalue weighted by Gasteiger charge is -2.20. The van der Waals surface area contributed by atoms with Crippen LogP contribution in [0.4, 0.5) is 0 Å². The fraction of sp³-hybridized carbons (Fsp3) is 1.00. The number of aliphatic hydroxyl groups excluding tert-OH is 1. The SMILES string of the molecule is CCC(O)N1CCCC1. The largest absolute Gasteiger partial charge is 0.378 e. The van der Waals surface area contributed by atoms with Crippen molar-refractivity contribution in [2.75, 3.05) is 13.1 Å². The second-order valence-corrected chi connectivity index (χ2v) is 2.63. The standard InChI is InChI=1S/C7H15NO/c1-2-7(9)8-5-3-4-6-8/h7,9H,2-6H2,1H3. The van der Waals surface area contributed by atoms with Crippen molar-refractivity contribution in [1.29, 1.82) is 0 Å². The highest BCUT2D eigenvalue weighted by atomic mass is 16.3. The molecule has 1 fully saturated rings. The highest BCUT2D eigenvalue weighted by Gasteiger charge is 2.16. The fourth-order valence-electron chi connectivity index (χ4n) is 1.30. The molecule has 0 amide bonds. The zero-order chi connectivity index (χ0) is 6.69. The van der Waals surface area contributed by atoms with Gasteiger partial charge in [0, 0.05) is 13.1 Å². The molecule has 1 aliphatic rings. The van der Waals surface area contributed by atoms with Gasteiger partial charge in [0.25, 0.3) is 0 Å². The first-order valence-corrected chi connectivity index (χ1v) is 3.76. The average Bonchev–Trinajstić information content (AvgIpc) is 2.37. The molecule has 0 aromatic carbocycles. The second kappa shape index (κ2) is 3.18. The van der Waals surface area contributed by atoms with Crippen LogP contribution in [0.5, 0.6) is 0 Å². The van der Waals surface area contributed by atoms with Gasteiger partial charge in [-0.2, -0.15) is 0 Å². The number of rotatable bonds is 2. The molecule has 1 N–H and O–H groups in total. The Bertz CT molecular complexity index is 79.0. The summed E-state index contributed by atoms with van der Waals surface area (Å²) in [6.45, 7) is 4.20. The molecule has 2 nitrogen and oxygen atoms in total. The van der Waals surface area contributed by atoms with E-state index in [9.17, 15) is 5.11 Å². The number of hydrogen-bond donors (Lipinski definition) is 1. The van der Waals surface area contributed by atoms with Crippen LogP contribution < -0.4 is 0 Å². The molecule has 0 spiro atoms. The Morgan fingerprint density at radius 2 is 2.00 bits per heavy atom. The van der Waals surface area contributed by atoms with Gasteiger partial charge in [0.05, 0.1) is 0 Å². The minimum Gasteiger partial charge on any atom is -0.378 e. The third-order valence-corrected chi connectivity index (χ3v) is 1.93. The molecule has 0 aromatic heterocycles. The monoisotopic (exact) mass is 129 g/mol. The molecule has 0 radical (unpaired) electrons. The van der Waals surface area contributed by atoms with Crippen LogP contribution in [0.15, 0.2) is 0 Å². The molecule has 1 aliphatic heterocycles. The van der Waals surface area contributed by atoms with Gasteiger partial charge < -0.3 is 5.11 Å². The van der Waals surface area contributed by atoms with Crippen molar-refractivity contribution in [1.82, 2.24) is 4.90 Å². The second-order valence-electron chi connectivity index (χ2n) is 2.63. The molecular weight excluding hydrogens is 114 g/mol. The van der Waals surface area contributed by atoms with Gasteiger partial charge in [-0.1, -0.05) is 6.92 Å². The topological polar surface area (TPSA) is 23.5 Å². The summed E-state index contributed by atoms with van der Waals surface area (Å²) in [5.74, 6) is 0. The van der Waals surface area contributed by atoms with E-state index in [0.717, 1.165) is 19.5 Å². The van der Waals surface area contributed by atoms with Gasteiger partial charge in [0.2, 0.25) is 0 Å². The first kappa shape index (κ1) is 7.03. The highest BCUT2D eigenvalue weighted by molar-refractivity contribution is 4.67. The molecule has 9 heavy (non-hydrogen) atoms. The molecule has 0 bridgehead atoms. The van der Waals surface area contributed by atoms with Crippen LogP contribution in [0, 0.1) is 0 Å². The van der Waals surface area contributed by atoms with Crippen LogP contribution in [-0.4, -0.2) is 29.3 Å². The molecule has 0 aromatic rings. The van der Waals surface area contributed by atoms with E-state index in [2.05, 4.69) is 4.90 Å². The van der Waals surface area contributed by atoms with Crippen LogP contribution in [0.25, 0.3) is 0 Å². The van der Waals surface area contributed by atoms with Gasteiger partial charge in [0.15, 0.2) is 0 Å². The fourth-order valence-corrected chi connectivity index (χ4v) is 1.30. The van der Waals surface area contributed by atoms with Crippen molar-refractivity contribution in [2.45, 2.75) is 32.4 Å². The predicted molar refractivity (Wildman–Crippen MR) is 37.1 cm³/mol. The molecule has 0 saturated carbocycles. The summed E-state index contributed by atoms with van der Waals surface area (Å²) in [6.07, 6.45) is 3.21. The van der Waals surface area contributed by atoms with E-state index in [-0.39, 0.29) is 6.23 Å². The van der Waals surface area contributed by atoms with Gasteiger partial charge in [-0.15, -0.1) is 0 Å². The Morgan fingerprint density at radius 1 is 1.44 bits per heavy atom. The van der Waals surface area contributed by atoms with Crippen molar-refractivity contribution in [2.24, 2.45) is 0 Å². The van der Waals surface area contributed by atoms with Crippen molar-refractivity contribution in [3.8, 4) is 0 Å². The molecule has 1 saturated heterocycles. The number of likely N-dealkylation sites (tertiary alicyclic amines) is 1. The Morgan fingerprint density at radius 3 is 2.44 bits per heavy atom. The van der Waals surface area contributed by atoms with Crippen LogP contribution >= 0.6 is 0 Å². The minimum atomic E-state index is -0.174. The van der Waals surface area contributed by atoms with Crippen molar-refractivity contribution >= 4 is 0 Å². The van der Waals surface area contributed by atoms with E-state index in [1.165, 1.54) is 12.8 Å². The molecule has 2 heteroatoms. The molecule has 1 heterocycles. The maximum atomic E-state index is 9.28. The molecular formula is C7H15NO. The predicted octanol–water partition coefficient (Wildman–Crippen LogP) is 0.811. The van der Waals surface area contributed by atoms with E-state index in [1.807, 2.05) is 6.92 Å². The average molecular weight is 129 g/mol. The number of aliphatic hydroxyl groups is 1. The number of nitrogens with zero attached hydrogens (tertiary/aromatic N) is 1. The molecule has 1 atom stereocenters. The van der Waals surface area contributed by atoms with Gasteiger partial charge in [0.1, 0.15) is 6.23 Å². The summed E-state index contributed by atoms with van der Waals surface area (Å²) in [5, 5.41) is 9.28. The summed E-state index contributed by atoms with van der Waals surface area (Å²) in [4.78, 5) is 2.14. The van der Waals surface area contributed by atoms with E-state index in [1.54, 1.807) is 0 Å². The smallest absolute Gasteiger partial charge is 0.107 e. The summed E-state index contributed by atoms with van der Waals surface area (Å²) < 4.78 is 0. The zero-order valence-corrected chi connectivity index (χ0v) is 6.01. The van der Waals surface area contributed by atoms with Gasteiger partial charge >= 0.3 is 0 Å². The lowest BCUT2D eigenvalue weighted by Crippen LogP contribution is -2.31. The van der Waals surface area contributed by atoms with Crippen molar-refractivity contribution in [3.63, 3.8) is 0 Å². The van der Waals surface area contributed by atoms with Gasteiger partial charge in [-0.05, 0) is 19.3 Å². The first-order chi connectivity index (χ1) is 4.34. The zero-order valence-electron chi connectivity index (χ0n) is 6.01. The minimum absolute atomic E-state index is 0.174. The maximum absolute atomic E-state index is 9.28. The maximum Gasteiger partial charge on any atom is 0.107 e. The lowest BCUT2D eigenvalue weighted by atomic mass is 10.4. The molecule has 0 aliphatic carbocycles. The molecule has 1 unspecified atom stereocenters. The van der Waals surface area contributed by atoms with Crippen molar-refractivity contribution in [3.05, 3.63) is 0 Å². The summed E-state index contributed by atoms with van der Waals surface area (Å²) in [7, 11) is 0. The third-order valence-electron chi connectivity index (χ3n) is 1.93. The van der Waals surface area contributed by atoms with E-state index < -0.39 is 0 Å². The Kier molecular flexibility index (Phi) is 2.49. The quantitative estimate of drug-likeness (QED) is 0.596. The summed E-state index contributed by atoms with van der Waals surface area (Å²) >= 11 is 0. The van der Waals surface area contributed by atoms with Crippen LogP contribution in [0.2, 0.25) is 0 Å².